The summed E-state index contributed by atoms with van der Waals surface area (Å²) in [7, 11) is 3.17. The Morgan fingerprint density at radius 3 is 2.36 bits per heavy atom. The van der Waals surface area contributed by atoms with Gasteiger partial charge in [0, 0.05) is 24.5 Å². The number of benzene rings is 2. The first-order valence-corrected chi connectivity index (χ1v) is 8.39. The van der Waals surface area contributed by atoms with Gasteiger partial charge in [-0.15, -0.1) is 24.0 Å². The van der Waals surface area contributed by atoms with Crippen molar-refractivity contribution < 1.29 is 18.7 Å². The van der Waals surface area contributed by atoms with E-state index in [1.54, 1.807) is 26.3 Å². The van der Waals surface area contributed by atoms with Crippen molar-refractivity contribution in [2.24, 2.45) is 4.99 Å². The molecule has 0 fully saturated rings. The van der Waals surface area contributed by atoms with Crippen LogP contribution in [0.15, 0.2) is 47.5 Å². The van der Waals surface area contributed by atoms with Crippen LogP contribution in [0.25, 0.3) is 0 Å². The highest BCUT2D eigenvalue weighted by Gasteiger charge is 2.08. The third-order valence-electron chi connectivity index (χ3n) is 3.49. The quantitative estimate of drug-likeness (QED) is 0.307. The van der Waals surface area contributed by atoms with Crippen molar-refractivity contribution in [1.82, 2.24) is 5.32 Å². The van der Waals surface area contributed by atoms with Crippen LogP contribution in [0.3, 0.4) is 0 Å². The van der Waals surface area contributed by atoms with E-state index in [1.807, 2.05) is 13.0 Å². The zero-order valence-corrected chi connectivity index (χ0v) is 18.2. The number of anilines is 2. The maximum atomic E-state index is 12.9. The maximum absolute atomic E-state index is 12.9. The van der Waals surface area contributed by atoms with E-state index in [1.165, 1.54) is 24.3 Å². The molecular formula is C19H24FIN4O3. The molecule has 0 heterocycles. The summed E-state index contributed by atoms with van der Waals surface area (Å²) in [5.74, 6) is 1.01. The van der Waals surface area contributed by atoms with Gasteiger partial charge in [-0.1, -0.05) is 0 Å². The molecule has 0 unspecified atom stereocenters. The van der Waals surface area contributed by atoms with E-state index < -0.39 is 0 Å². The third kappa shape index (κ3) is 7.22. The predicted molar refractivity (Wildman–Crippen MR) is 120 cm³/mol. The summed E-state index contributed by atoms with van der Waals surface area (Å²) in [6.45, 7) is 2.39. The summed E-state index contributed by atoms with van der Waals surface area (Å²) in [6, 6.07) is 10.9. The Morgan fingerprint density at radius 2 is 1.75 bits per heavy atom. The van der Waals surface area contributed by atoms with Gasteiger partial charge >= 0.3 is 0 Å². The van der Waals surface area contributed by atoms with E-state index in [4.69, 9.17) is 9.47 Å². The number of hydrogen-bond acceptors (Lipinski definition) is 4. The summed E-state index contributed by atoms with van der Waals surface area (Å²) in [5, 5.41) is 8.66. The van der Waals surface area contributed by atoms with Crippen molar-refractivity contribution >= 4 is 47.2 Å². The normalized spacial score (nSPS) is 10.5. The number of rotatable bonds is 7. The molecule has 7 nitrogen and oxygen atoms in total. The molecule has 0 aliphatic carbocycles. The molecule has 0 aliphatic rings. The summed E-state index contributed by atoms with van der Waals surface area (Å²) in [4.78, 5) is 16.1. The highest BCUT2D eigenvalue weighted by molar-refractivity contribution is 14.0. The van der Waals surface area contributed by atoms with Gasteiger partial charge in [0.05, 0.1) is 20.3 Å². The number of guanidine groups is 1. The van der Waals surface area contributed by atoms with E-state index in [2.05, 4.69) is 20.9 Å². The van der Waals surface area contributed by atoms with Crippen molar-refractivity contribution in [2.45, 2.75) is 6.92 Å². The Labute approximate surface area is 180 Å². The standard InChI is InChI=1S/C19H23FN4O3.HI/c1-4-27-17-11-15(9-10-16(17)26-3)24-19(21-2)22-12-18(25)23-14-7-5-13(20)6-8-14;/h5-11H,4,12H2,1-3H3,(H,23,25)(H2,21,22,24);1H. The number of hydrogen-bond donors (Lipinski definition) is 3. The zero-order valence-electron chi connectivity index (χ0n) is 15.9. The zero-order chi connectivity index (χ0) is 19.6. The predicted octanol–water partition coefficient (Wildman–Crippen LogP) is 3.48. The molecule has 0 aliphatic heterocycles. The summed E-state index contributed by atoms with van der Waals surface area (Å²) < 4.78 is 23.7. The molecule has 0 spiro atoms. The van der Waals surface area contributed by atoms with Gasteiger partial charge in [-0.2, -0.15) is 0 Å². The molecule has 9 heteroatoms. The minimum Gasteiger partial charge on any atom is -0.493 e. The van der Waals surface area contributed by atoms with E-state index in [-0.39, 0.29) is 42.2 Å². The molecule has 0 bridgehead atoms. The molecule has 1 amide bonds. The lowest BCUT2D eigenvalue weighted by Crippen LogP contribution is -2.37. The number of amides is 1. The largest absolute Gasteiger partial charge is 0.493 e. The van der Waals surface area contributed by atoms with Crippen LogP contribution in [-0.2, 0) is 4.79 Å². The van der Waals surface area contributed by atoms with Crippen molar-refractivity contribution in [1.29, 1.82) is 0 Å². The summed E-state index contributed by atoms with van der Waals surface area (Å²) in [5.41, 5.74) is 1.24. The Kier molecular flexibility index (Phi) is 10.1. The van der Waals surface area contributed by atoms with Crippen LogP contribution in [0, 0.1) is 5.82 Å². The van der Waals surface area contributed by atoms with Crippen molar-refractivity contribution in [3.63, 3.8) is 0 Å². The minimum absolute atomic E-state index is 0. The van der Waals surface area contributed by atoms with Gasteiger partial charge in [-0.25, -0.2) is 4.39 Å². The molecule has 0 atom stereocenters. The maximum Gasteiger partial charge on any atom is 0.243 e. The number of aliphatic imine (C=N–C) groups is 1. The van der Waals surface area contributed by atoms with E-state index in [0.29, 0.717) is 29.8 Å². The van der Waals surface area contributed by atoms with Gasteiger partial charge in [0.15, 0.2) is 17.5 Å². The number of carbonyl (C=O) groups excluding carboxylic acids is 1. The molecule has 0 saturated heterocycles. The topological polar surface area (TPSA) is 84.0 Å². The van der Waals surface area contributed by atoms with Crippen molar-refractivity contribution in [2.75, 3.05) is 37.9 Å². The molecule has 2 rings (SSSR count). The average molecular weight is 502 g/mol. The highest BCUT2D eigenvalue weighted by Crippen LogP contribution is 2.30. The smallest absolute Gasteiger partial charge is 0.243 e. The van der Waals surface area contributed by atoms with E-state index >= 15 is 0 Å². The van der Waals surface area contributed by atoms with Gasteiger partial charge < -0.3 is 25.4 Å². The Hall–Kier alpha value is -2.56. The van der Waals surface area contributed by atoms with Gasteiger partial charge in [-0.3, -0.25) is 9.79 Å². The molecule has 0 saturated carbocycles. The van der Waals surface area contributed by atoms with E-state index in [0.717, 1.165) is 5.69 Å². The molecule has 3 N–H and O–H groups in total. The minimum atomic E-state index is -0.360. The lowest BCUT2D eigenvalue weighted by atomic mass is 10.2. The molecule has 28 heavy (non-hydrogen) atoms. The summed E-state index contributed by atoms with van der Waals surface area (Å²) in [6.07, 6.45) is 0. The van der Waals surface area contributed by atoms with Crippen LogP contribution in [0.4, 0.5) is 15.8 Å². The second-order valence-electron chi connectivity index (χ2n) is 5.40. The molecular weight excluding hydrogens is 478 g/mol. The monoisotopic (exact) mass is 502 g/mol. The molecule has 0 aromatic heterocycles. The van der Waals surface area contributed by atoms with Crippen molar-refractivity contribution in [3.05, 3.63) is 48.3 Å². The molecule has 2 aromatic carbocycles. The Balaban J connectivity index is 0.00000392. The second-order valence-corrected chi connectivity index (χ2v) is 5.40. The first-order chi connectivity index (χ1) is 13.0. The lowest BCUT2D eigenvalue weighted by Gasteiger charge is -2.14. The van der Waals surface area contributed by atoms with Crippen LogP contribution in [-0.4, -0.2) is 39.2 Å². The first-order valence-electron chi connectivity index (χ1n) is 8.39. The third-order valence-corrected chi connectivity index (χ3v) is 3.49. The number of ether oxygens (including phenoxy) is 2. The van der Waals surface area contributed by atoms with E-state index in [9.17, 15) is 9.18 Å². The van der Waals surface area contributed by atoms with Crippen molar-refractivity contribution in [3.8, 4) is 11.5 Å². The lowest BCUT2D eigenvalue weighted by molar-refractivity contribution is -0.115. The van der Waals surface area contributed by atoms with Gasteiger partial charge in [0.1, 0.15) is 5.82 Å². The van der Waals surface area contributed by atoms with Gasteiger partial charge in [0.2, 0.25) is 5.91 Å². The van der Waals surface area contributed by atoms with Gasteiger partial charge in [-0.05, 0) is 43.3 Å². The number of nitrogens with zero attached hydrogens (tertiary/aromatic N) is 1. The number of methoxy groups -OCH3 is 1. The van der Waals surface area contributed by atoms with Crippen LogP contribution < -0.4 is 25.4 Å². The number of halogens is 2. The summed E-state index contributed by atoms with van der Waals surface area (Å²) >= 11 is 0. The Bertz CT molecular complexity index is 800. The second kappa shape index (κ2) is 12.0. The number of carbonyl (C=O) groups is 1. The van der Waals surface area contributed by atoms with Crippen LogP contribution >= 0.6 is 24.0 Å². The van der Waals surface area contributed by atoms with Crippen LogP contribution in [0.5, 0.6) is 11.5 Å². The first kappa shape index (κ1) is 23.5. The number of nitrogens with one attached hydrogen (secondary N) is 3. The molecule has 152 valence electrons. The Morgan fingerprint density at radius 1 is 1.07 bits per heavy atom. The molecule has 0 radical (unpaired) electrons. The fraction of sp³-hybridized carbons (Fsp3) is 0.263. The highest BCUT2D eigenvalue weighted by atomic mass is 127. The SMILES string of the molecule is CCOc1cc(NC(=NC)NCC(=O)Nc2ccc(F)cc2)ccc1OC.I. The average Bonchev–Trinajstić information content (AvgIpc) is 2.67. The fourth-order valence-corrected chi connectivity index (χ4v) is 2.24. The molecule has 2 aromatic rings. The van der Waals surface area contributed by atoms with Crippen LogP contribution in [0.1, 0.15) is 6.92 Å². The fourth-order valence-electron chi connectivity index (χ4n) is 2.24. The van der Waals surface area contributed by atoms with Gasteiger partial charge in [0.25, 0.3) is 0 Å². The van der Waals surface area contributed by atoms with Crippen LogP contribution in [0.2, 0.25) is 0 Å².